The van der Waals surface area contributed by atoms with Crippen LogP contribution in [0, 0.1) is 17.7 Å². The fourth-order valence-electron chi connectivity index (χ4n) is 5.60. The number of hydrogen-bond donors (Lipinski definition) is 1. The highest BCUT2D eigenvalue weighted by atomic mass is 19.1. The maximum atomic E-state index is 14.5. The van der Waals surface area contributed by atoms with Crippen LogP contribution in [0.15, 0.2) is 48.5 Å². The average Bonchev–Trinajstić information content (AvgIpc) is 3.26. The predicted octanol–water partition coefficient (Wildman–Crippen LogP) is 5.63. The summed E-state index contributed by atoms with van der Waals surface area (Å²) in [5.74, 6) is 1.86. The van der Waals surface area contributed by atoms with Crippen molar-refractivity contribution < 1.29 is 13.9 Å². The Bertz CT molecular complexity index is 898. The Morgan fingerprint density at radius 1 is 1.06 bits per heavy atom. The molecule has 1 saturated heterocycles. The molecule has 1 aliphatic carbocycles. The van der Waals surface area contributed by atoms with E-state index in [0.717, 1.165) is 50.1 Å². The summed E-state index contributed by atoms with van der Waals surface area (Å²) in [6, 6.07) is 14.2. The lowest BCUT2D eigenvalue weighted by Gasteiger charge is -2.34. The number of carbonyl (C=O) groups excluding carboxylic acids is 1. The number of benzene rings is 2. The fourth-order valence-corrected chi connectivity index (χ4v) is 5.60. The van der Waals surface area contributed by atoms with E-state index in [-0.39, 0.29) is 11.7 Å². The normalized spacial score (nSPS) is 23.1. The van der Waals surface area contributed by atoms with Crippen LogP contribution in [0.1, 0.15) is 51.5 Å². The molecule has 2 aliphatic rings. The summed E-state index contributed by atoms with van der Waals surface area (Å²) < 4.78 is 20.5. The summed E-state index contributed by atoms with van der Waals surface area (Å²) in [5.41, 5.74) is 0.434. The van der Waals surface area contributed by atoms with Crippen molar-refractivity contribution in [1.82, 2.24) is 4.90 Å². The number of piperidine rings is 1. The third kappa shape index (κ3) is 5.15. The van der Waals surface area contributed by atoms with E-state index in [2.05, 4.69) is 24.1 Å². The zero-order valence-corrected chi connectivity index (χ0v) is 19.3. The molecule has 0 spiro atoms. The molecule has 2 aromatic rings. The number of ether oxygens (including phenoxy) is 1. The van der Waals surface area contributed by atoms with Crippen molar-refractivity contribution in [2.75, 3.05) is 31.6 Å². The minimum absolute atomic E-state index is 0.123. The van der Waals surface area contributed by atoms with Crippen LogP contribution in [0.2, 0.25) is 0 Å². The van der Waals surface area contributed by atoms with E-state index < -0.39 is 5.41 Å². The highest BCUT2D eigenvalue weighted by molar-refractivity contribution is 5.99. The second-order valence-corrected chi connectivity index (χ2v) is 9.80. The van der Waals surface area contributed by atoms with Crippen LogP contribution in [-0.2, 0) is 10.2 Å². The van der Waals surface area contributed by atoms with Gasteiger partial charge >= 0.3 is 0 Å². The number of hydrogen-bond acceptors (Lipinski definition) is 3. The molecule has 1 N–H and O–H groups in total. The first-order valence-corrected chi connectivity index (χ1v) is 12.0. The topological polar surface area (TPSA) is 41.6 Å². The first-order valence-electron chi connectivity index (χ1n) is 12.0. The van der Waals surface area contributed by atoms with Gasteiger partial charge in [-0.2, -0.15) is 0 Å². The number of carbonyl (C=O) groups is 1. The molecule has 2 fully saturated rings. The van der Waals surface area contributed by atoms with Crippen LogP contribution in [0.5, 0.6) is 5.75 Å². The monoisotopic (exact) mass is 438 g/mol. The second-order valence-electron chi connectivity index (χ2n) is 9.80. The Morgan fingerprint density at radius 3 is 2.38 bits per heavy atom. The summed E-state index contributed by atoms with van der Waals surface area (Å²) in [5, 5.41) is 3.03. The summed E-state index contributed by atoms with van der Waals surface area (Å²) >= 11 is 0. The van der Waals surface area contributed by atoms with Gasteiger partial charge in [0.15, 0.2) is 0 Å². The Kier molecular flexibility index (Phi) is 7.14. The Balaban J connectivity index is 1.34. The molecule has 0 aromatic heterocycles. The van der Waals surface area contributed by atoms with Crippen molar-refractivity contribution in [1.29, 1.82) is 0 Å². The van der Waals surface area contributed by atoms with Gasteiger partial charge in [0.05, 0.1) is 5.41 Å². The quantitative estimate of drug-likeness (QED) is 0.609. The molecule has 172 valence electrons. The molecule has 0 radical (unpaired) electrons. The number of halogens is 1. The van der Waals surface area contributed by atoms with Gasteiger partial charge in [-0.05, 0) is 61.4 Å². The van der Waals surface area contributed by atoms with Crippen LogP contribution in [-0.4, -0.2) is 37.0 Å². The molecule has 1 saturated carbocycles. The zero-order valence-electron chi connectivity index (χ0n) is 19.3. The van der Waals surface area contributed by atoms with E-state index in [1.807, 2.05) is 30.3 Å². The molecule has 1 heterocycles. The predicted molar refractivity (Wildman–Crippen MR) is 126 cm³/mol. The Hall–Kier alpha value is -2.40. The summed E-state index contributed by atoms with van der Waals surface area (Å²) in [4.78, 5) is 15.7. The number of nitrogens with zero attached hydrogens (tertiary/aromatic N) is 1. The largest absolute Gasteiger partial charge is 0.492 e. The standard InChI is InChI=1S/C27H35FN2O2/c1-20-17-21(2)19-30(18-20)15-16-32-23-11-9-22(10-12-23)29-26(31)27(13-5-6-14-27)24-7-3-4-8-25(24)28/h3-4,7-12,20-21H,5-6,13-19H2,1-2H3,(H,29,31)/t20-,21+. The smallest absolute Gasteiger partial charge is 0.235 e. The zero-order chi connectivity index (χ0) is 22.6. The van der Waals surface area contributed by atoms with Gasteiger partial charge in [-0.1, -0.05) is 44.9 Å². The maximum absolute atomic E-state index is 14.5. The fraction of sp³-hybridized carbons (Fsp3) is 0.519. The summed E-state index contributed by atoms with van der Waals surface area (Å²) in [7, 11) is 0. The van der Waals surface area contributed by atoms with Crippen LogP contribution in [0.25, 0.3) is 0 Å². The van der Waals surface area contributed by atoms with Crippen molar-refractivity contribution in [2.45, 2.75) is 51.4 Å². The Morgan fingerprint density at radius 2 is 1.72 bits per heavy atom. The van der Waals surface area contributed by atoms with Crippen LogP contribution >= 0.6 is 0 Å². The van der Waals surface area contributed by atoms with Crippen molar-refractivity contribution >= 4 is 11.6 Å². The van der Waals surface area contributed by atoms with Crippen molar-refractivity contribution in [3.8, 4) is 5.75 Å². The molecule has 32 heavy (non-hydrogen) atoms. The van der Waals surface area contributed by atoms with Gasteiger partial charge in [0.1, 0.15) is 18.2 Å². The average molecular weight is 439 g/mol. The van der Waals surface area contributed by atoms with E-state index in [4.69, 9.17) is 4.74 Å². The molecule has 2 atom stereocenters. The van der Waals surface area contributed by atoms with Gasteiger partial charge < -0.3 is 10.1 Å². The summed E-state index contributed by atoms with van der Waals surface area (Å²) in [6.07, 6.45) is 4.53. The number of rotatable bonds is 7. The van der Waals surface area contributed by atoms with Gasteiger partial charge in [-0.3, -0.25) is 9.69 Å². The molecule has 0 unspecified atom stereocenters. The van der Waals surface area contributed by atoms with Crippen LogP contribution < -0.4 is 10.1 Å². The van der Waals surface area contributed by atoms with Gasteiger partial charge in [0.2, 0.25) is 5.91 Å². The van der Waals surface area contributed by atoms with Crippen molar-refractivity contribution in [3.05, 3.63) is 59.9 Å². The SMILES string of the molecule is C[C@@H]1C[C@H](C)CN(CCOc2ccc(NC(=O)C3(c4ccccc4F)CCCC3)cc2)C1. The third-order valence-corrected chi connectivity index (χ3v) is 7.01. The molecule has 4 nitrogen and oxygen atoms in total. The number of amides is 1. The van der Waals surface area contributed by atoms with Gasteiger partial charge in [0, 0.05) is 30.9 Å². The number of anilines is 1. The minimum Gasteiger partial charge on any atom is -0.492 e. The number of likely N-dealkylation sites (tertiary alicyclic amines) is 1. The van der Waals surface area contributed by atoms with E-state index in [1.165, 1.54) is 12.5 Å². The second kappa shape index (κ2) is 10.0. The first kappa shape index (κ1) is 22.8. The van der Waals surface area contributed by atoms with Crippen LogP contribution in [0.4, 0.5) is 10.1 Å². The molecule has 0 bridgehead atoms. The molecule has 5 heteroatoms. The third-order valence-electron chi connectivity index (χ3n) is 7.01. The lowest BCUT2D eigenvalue weighted by Crippen LogP contribution is -2.40. The highest BCUT2D eigenvalue weighted by Crippen LogP contribution is 2.43. The molecule has 1 aliphatic heterocycles. The van der Waals surface area contributed by atoms with Crippen molar-refractivity contribution in [3.63, 3.8) is 0 Å². The van der Waals surface area contributed by atoms with E-state index in [9.17, 15) is 9.18 Å². The van der Waals surface area contributed by atoms with Gasteiger partial charge in [-0.15, -0.1) is 0 Å². The van der Waals surface area contributed by atoms with E-state index in [1.54, 1.807) is 12.1 Å². The number of nitrogens with one attached hydrogen (secondary N) is 1. The van der Waals surface area contributed by atoms with E-state index in [0.29, 0.717) is 30.7 Å². The molecule has 1 amide bonds. The van der Waals surface area contributed by atoms with Gasteiger partial charge in [0.25, 0.3) is 0 Å². The molecule has 2 aromatic carbocycles. The molecule has 4 rings (SSSR count). The lowest BCUT2D eigenvalue weighted by atomic mass is 9.77. The highest BCUT2D eigenvalue weighted by Gasteiger charge is 2.44. The lowest BCUT2D eigenvalue weighted by molar-refractivity contribution is -0.121. The molecular weight excluding hydrogens is 403 g/mol. The van der Waals surface area contributed by atoms with E-state index >= 15 is 0 Å². The van der Waals surface area contributed by atoms with Crippen molar-refractivity contribution in [2.24, 2.45) is 11.8 Å². The van der Waals surface area contributed by atoms with Gasteiger partial charge in [-0.25, -0.2) is 4.39 Å². The first-order chi connectivity index (χ1) is 15.5. The summed E-state index contributed by atoms with van der Waals surface area (Å²) in [6.45, 7) is 8.50. The molecular formula is C27H35FN2O2. The van der Waals surface area contributed by atoms with Crippen LogP contribution in [0.3, 0.4) is 0 Å². The minimum atomic E-state index is -0.788. The Labute approximate surface area is 191 Å². The maximum Gasteiger partial charge on any atom is 0.235 e.